The number of carbonyl (C=O) groups excluding carboxylic acids is 1. The van der Waals surface area contributed by atoms with Crippen molar-refractivity contribution in [3.05, 3.63) is 40.4 Å². The van der Waals surface area contributed by atoms with Crippen molar-refractivity contribution >= 4 is 34.6 Å². The molecule has 0 spiro atoms. The lowest BCUT2D eigenvalue weighted by molar-refractivity contribution is 0.0240. The van der Waals surface area contributed by atoms with Crippen molar-refractivity contribution in [1.29, 1.82) is 0 Å². The molecule has 1 aliphatic carbocycles. The Morgan fingerprint density at radius 2 is 1.79 bits per heavy atom. The zero-order valence-corrected chi connectivity index (χ0v) is 25.9. The minimum absolute atomic E-state index is 0.0702. The van der Waals surface area contributed by atoms with E-state index in [1.807, 2.05) is 46.8 Å². The van der Waals surface area contributed by atoms with E-state index in [-0.39, 0.29) is 17.7 Å². The number of carbonyl (C=O) groups is 1. The molecule has 3 aromatic rings. The summed E-state index contributed by atoms with van der Waals surface area (Å²) in [4.78, 5) is 44.0. The minimum Gasteiger partial charge on any atom is -0.485 e. The van der Waals surface area contributed by atoms with Crippen LogP contribution in [0.3, 0.4) is 0 Å². The standard InChI is InChI=1S/C31H43N7O5/c1-6-41-17-18-42-26-21(2)24-20-33-29(35-27(24)38(28(26)39)22-9-7-8-10-22)34-25-12-11-23(19-32-25)36-13-15-37(16-14-36)30(40)43-31(3,4)5/h11-12,19-20,22H,6-10,13-18H2,1-5H3,(H,32,33,34,35). The van der Waals surface area contributed by atoms with E-state index in [9.17, 15) is 9.59 Å². The van der Waals surface area contributed by atoms with E-state index in [2.05, 4.69) is 20.2 Å². The second-order valence-electron chi connectivity index (χ2n) is 12.0. The van der Waals surface area contributed by atoms with Crippen LogP contribution in [0.1, 0.15) is 65.0 Å². The van der Waals surface area contributed by atoms with Gasteiger partial charge in [0, 0.05) is 56.0 Å². The van der Waals surface area contributed by atoms with Gasteiger partial charge in [-0.1, -0.05) is 12.8 Å². The van der Waals surface area contributed by atoms with Crippen molar-refractivity contribution in [2.24, 2.45) is 0 Å². The number of nitrogens with one attached hydrogen (secondary N) is 1. The summed E-state index contributed by atoms with van der Waals surface area (Å²) in [6.45, 7) is 13.3. The SMILES string of the molecule is CCOCCOc1c(C)c2cnc(Nc3ccc(N4CCN(C(=O)OC(C)(C)C)CC4)cn3)nc2n(C2CCCC2)c1=O. The summed E-state index contributed by atoms with van der Waals surface area (Å²) in [5.41, 5.74) is 1.63. The molecule has 0 unspecified atom stereocenters. The summed E-state index contributed by atoms with van der Waals surface area (Å²) in [5.74, 6) is 1.31. The molecule has 232 valence electrons. The second-order valence-corrected chi connectivity index (χ2v) is 12.0. The second kappa shape index (κ2) is 13.2. The summed E-state index contributed by atoms with van der Waals surface area (Å²) >= 11 is 0. The number of anilines is 3. The number of piperazine rings is 1. The van der Waals surface area contributed by atoms with Crippen LogP contribution in [-0.2, 0) is 9.47 Å². The van der Waals surface area contributed by atoms with E-state index < -0.39 is 5.60 Å². The van der Waals surface area contributed by atoms with Crippen molar-refractivity contribution in [2.75, 3.05) is 56.2 Å². The van der Waals surface area contributed by atoms with Crippen molar-refractivity contribution < 1.29 is 19.0 Å². The first-order valence-electron chi connectivity index (χ1n) is 15.2. The van der Waals surface area contributed by atoms with Crippen molar-refractivity contribution in [3.63, 3.8) is 0 Å². The Morgan fingerprint density at radius 1 is 1.05 bits per heavy atom. The number of fused-ring (bicyclic) bond motifs is 1. The van der Waals surface area contributed by atoms with Gasteiger partial charge < -0.3 is 29.3 Å². The zero-order chi connectivity index (χ0) is 30.6. The first kappa shape index (κ1) is 30.5. The molecule has 0 atom stereocenters. The van der Waals surface area contributed by atoms with Gasteiger partial charge in [0.25, 0.3) is 5.56 Å². The van der Waals surface area contributed by atoms with Gasteiger partial charge in [-0.3, -0.25) is 9.36 Å². The first-order chi connectivity index (χ1) is 20.6. The number of aryl methyl sites for hydroxylation is 1. The molecular formula is C31H43N7O5. The average Bonchev–Trinajstić information content (AvgIpc) is 3.51. The van der Waals surface area contributed by atoms with Gasteiger partial charge in [0.1, 0.15) is 23.7 Å². The van der Waals surface area contributed by atoms with Crippen molar-refractivity contribution in [3.8, 4) is 5.75 Å². The smallest absolute Gasteiger partial charge is 0.410 e. The number of hydrogen-bond acceptors (Lipinski definition) is 10. The van der Waals surface area contributed by atoms with E-state index in [0.717, 1.165) is 42.3 Å². The third kappa shape index (κ3) is 7.18. The number of hydrogen-bond donors (Lipinski definition) is 1. The average molecular weight is 594 g/mol. The molecule has 0 bridgehead atoms. The molecule has 0 aromatic carbocycles. The Kier molecular flexibility index (Phi) is 9.34. The van der Waals surface area contributed by atoms with Gasteiger partial charge in [-0.25, -0.2) is 14.8 Å². The van der Waals surface area contributed by atoms with Crippen molar-refractivity contribution in [2.45, 2.75) is 71.9 Å². The van der Waals surface area contributed by atoms with Gasteiger partial charge in [0.05, 0.1) is 18.5 Å². The van der Waals surface area contributed by atoms with Crippen molar-refractivity contribution in [1.82, 2.24) is 24.4 Å². The van der Waals surface area contributed by atoms with Crippen LogP contribution in [0.2, 0.25) is 0 Å². The fraction of sp³-hybridized carbons (Fsp3) is 0.581. The van der Waals surface area contributed by atoms with Gasteiger partial charge in [-0.2, -0.15) is 4.98 Å². The molecule has 5 rings (SSSR count). The highest BCUT2D eigenvalue weighted by molar-refractivity contribution is 5.81. The molecule has 3 aromatic heterocycles. The Bertz CT molecular complexity index is 1470. The number of nitrogens with zero attached hydrogens (tertiary/aromatic N) is 6. The van der Waals surface area contributed by atoms with E-state index in [4.69, 9.17) is 19.2 Å². The Labute approximate surface area is 252 Å². The lowest BCUT2D eigenvalue weighted by Crippen LogP contribution is -2.50. The molecule has 0 radical (unpaired) electrons. The van der Waals surface area contributed by atoms with E-state index in [1.165, 1.54) is 0 Å². The summed E-state index contributed by atoms with van der Waals surface area (Å²) < 4.78 is 18.6. The van der Waals surface area contributed by atoms with E-state index in [0.29, 0.717) is 69.2 Å². The molecule has 1 saturated heterocycles. The Hall–Kier alpha value is -3.93. The number of ether oxygens (including phenoxy) is 3. The maximum Gasteiger partial charge on any atom is 0.410 e. The number of rotatable bonds is 9. The quantitative estimate of drug-likeness (QED) is 0.345. The lowest BCUT2D eigenvalue weighted by atomic mass is 10.1. The predicted octanol–water partition coefficient (Wildman–Crippen LogP) is 4.83. The summed E-state index contributed by atoms with van der Waals surface area (Å²) in [6.07, 6.45) is 7.29. The zero-order valence-electron chi connectivity index (χ0n) is 25.9. The molecule has 43 heavy (non-hydrogen) atoms. The Morgan fingerprint density at radius 3 is 2.44 bits per heavy atom. The molecular weight excluding hydrogens is 550 g/mol. The molecule has 1 saturated carbocycles. The van der Waals surface area contributed by atoms with Gasteiger partial charge in [-0.15, -0.1) is 0 Å². The molecule has 12 nitrogen and oxygen atoms in total. The van der Waals surface area contributed by atoms with Crippen LogP contribution in [0.4, 0.5) is 22.2 Å². The highest BCUT2D eigenvalue weighted by atomic mass is 16.6. The summed E-state index contributed by atoms with van der Waals surface area (Å²) in [6, 6.07) is 3.94. The fourth-order valence-corrected chi connectivity index (χ4v) is 5.62. The molecule has 1 aliphatic heterocycles. The third-order valence-corrected chi connectivity index (χ3v) is 7.81. The molecule has 1 N–H and O–H groups in total. The topological polar surface area (TPSA) is 124 Å². The normalized spacial score (nSPS) is 16.1. The lowest BCUT2D eigenvalue weighted by Gasteiger charge is -2.36. The maximum atomic E-state index is 13.7. The molecule has 1 amide bonds. The highest BCUT2D eigenvalue weighted by Gasteiger charge is 2.27. The largest absolute Gasteiger partial charge is 0.485 e. The van der Waals surface area contributed by atoms with Gasteiger partial charge >= 0.3 is 6.09 Å². The third-order valence-electron chi connectivity index (χ3n) is 7.81. The van der Waals surface area contributed by atoms with Gasteiger partial charge in [-0.05, 0) is 59.6 Å². The Balaban J connectivity index is 1.31. The van der Waals surface area contributed by atoms with Crippen LogP contribution in [-0.4, -0.2) is 82.1 Å². The van der Waals surface area contributed by atoms with Gasteiger partial charge in [0.15, 0.2) is 5.75 Å². The number of pyridine rings is 2. The van der Waals surface area contributed by atoms with Gasteiger partial charge in [0.2, 0.25) is 5.95 Å². The van der Waals surface area contributed by atoms with E-state index >= 15 is 0 Å². The molecule has 2 fully saturated rings. The van der Waals surface area contributed by atoms with Crippen LogP contribution in [0.25, 0.3) is 11.0 Å². The van der Waals surface area contributed by atoms with Crippen LogP contribution < -0.4 is 20.5 Å². The first-order valence-corrected chi connectivity index (χ1v) is 15.2. The highest BCUT2D eigenvalue weighted by Crippen LogP contribution is 2.33. The maximum absolute atomic E-state index is 13.7. The number of amides is 1. The van der Waals surface area contributed by atoms with Crippen LogP contribution >= 0.6 is 0 Å². The number of aromatic nitrogens is 4. The molecule has 12 heteroatoms. The van der Waals surface area contributed by atoms with Crippen LogP contribution in [0.5, 0.6) is 5.75 Å². The van der Waals surface area contributed by atoms with Crippen LogP contribution in [0, 0.1) is 6.92 Å². The summed E-state index contributed by atoms with van der Waals surface area (Å²) in [7, 11) is 0. The van der Waals surface area contributed by atoms with Crippen LogP contribution in [0.15, 0.2) is 29.3 Å². The van der Waals surface area contributed by atoms with E-state index in [1.54, 1.807) is 21.9 Å². The monoisotopic (exact) mass is 593 g/mol. The molecule has 2 aliphatic rings. The minimum atomic E-state index is -0.510. The summed E-state index contributed by atoms with van der Waals surface area (Å²) in [5, 5.41) is 3.99. The molecule has 4 heterocycles. The fourth-order valence-electron chi connectivity index (χ4n) is 5.62. The predicted molar refractivity (Wildman–Crippen MR) is 166 cm³/mol.